The summed E-state index contributed by atoms with van der Waals surface area (Å²) in [5, 5.41) is 3.66. The van der Waals surface area contributed by atoms with Crippen LogP contribution >= 0.6 is 23.7 Å². The molecule has 0 spiro atoms. The number of nitrogens with zero attached hydrogens (tertiary/aromatic N) is 1. The SMILES string of the molecule is CS(=O)(=O)c1ccc(OCc2cnc(C3(F)CCNCC3)s2)cc1.Cl. The number of ether oxygens (including phenoxy) is 1. The number of aromatic nitrogens is 1. The molecule has 1 N–H and O–H groups in total. The van der Waals surface area contributed by atoms with Crippen molar-refractivity contribution in [3.8, 4) is 5.75 Å². The van der Waals surface area contributed by atoms with E-state index in [0.717, 1.165) is 11.1 Å². The summed E-state index contributed by atoms with van der Waals surface area (Å²) < 4.78 is 43.3. The van der Waals surface area contributed by atoms with E-state index in [-0.39, 0.29) is 23.9 Å². The molecule has 9 heteroatoms. The number of hydrogen-bond acceptors (Lipinski definition) is 6. The van der Waals surface area contributed by atoms with Crippen molar-refractivity contribution < 1.29 is 17.5 Å². The largest absolute Gasteiger partial charge is 0.488 e. The molecule has 0 amide bonds. The zero-order valence-electron chi connectivity index (χ0n) is 13.7. The van der Waals surface area contributed by atoms with Crippen LogP contribution in [0.1, 0.15) is 22.7 Å². The molecule has 25 heavy (non-hydrogen) atoms. The first-order valence-corrected chi connectivity index (χ1v) is 10.4. The third kappa shape index (κ3) is 4.91. The first-order valence-electron chi connectivity index (χ1n) is 7.65. The highest BCUT2D eigenvalue weighted by Gasteiger charge is 2.36. The molecule has 0 atom stereocenters. The van der Waals surface area contributed by atoms with Gasteiger partial charge in [-0.15, -0.1) is 23.7 Å². The Morgan fingerprint density at radius 2 is 1.92 bits per heavy atom. The normalized spacial score (nSPS) is 16.9. The lowest BCUT2D eigenvalue weighted by Gasteiger charge is -2.27. The standard InChI is InChI=1S/C16H19FN2O3S2.ClH/c1-24(20,21)14-4-2-12(3-5-14)22-11-13-10-19-15(23-13)16(17)6-8-18-9-7-16;/h2-5,10,18H,6-9,11H2,1H3;1H. The monoisotopic (exact) mass is 406 g/mol. The van der Waals surface area contributed by atoms with E-state index in [1.807, 2.05) is 0 Å². The van der Waals surface area contributed by atoms with Gasteiger partial charge in [-0.05, 0) is 37.4 Å². The van der Waals surface area contributed by atoms with Crippen LogP contribution in [-0.2, 0) is 22.1 Å². The summed E-state index contributed by atoms with van der Waals surface area (Å²) in [5.74, 6) is 0.564. The van der Waals surface area contributed by atoms with Crippen LogP contribution in [0, 0.1) is 0 Å². The molecule has 3 rings (SSSR count). The second-order valence-corrected chi connectivity index (χ2v) is 9.01. The zero-order valence-corrected chi connectivity index (χ0v) is 16.1. The number of halogens is 2. The number of benzene rings is 1. The van der Waals surface area contributed by atoms with E-state index in [9.17, 15) is 12.8 Å². The van der Waals surface area contributed by atoms with Crippen LogP contribution in [0.25, 0.3) is 0 Å². The summed E-state index contributed by atoms with van der Waals surface area (Å²) in [4.78, 5) is 5.32. The minimum absolute atomic E-state index is 0. The molecular weight excluding hydrogens is 387 g/mol. The van der Waals surface area contributed by atoms with Crippen molar-refractivity contribution in [3.05, 3.63) is 40.3 Å². The molecule has 2 aromatic rings. The molecule has 1 saturated heterocycles. The Balaban J connectivity index is 0.00000225. The van der Waals surface area contributed by atoms with Gasteiger partial charge >= 0.3 is 0 Å². The predicted octanol–water partition coefficient (Wildman–Crippen LogP) is 3.10. The third-order valence-electron chi connectivity index (χ3n) is 3.97. The second-order valence-electron chi connectivity index (χ2n) is 5.88. The fourth-order valence-corrected chi connectivity index (χ4v) is 4.15. The number of rotatable bonds is 5. The van der Waals surface area contributed by atoms with Gasteiger partial charge in [0, 0.05) is 25.3 Å². The van der Waals surface area contributed by atoms with E-state index < -0.39 is 15.5 Å². The number of thiazole rings is 1. The summed E-state index contributed by atoms with van der Waals surface area (Å²) in [6, 6.07) is 6.24. The van der Waals surface area contributed by atoms with Gasteiger partial charge < -0.3 is 10.1 Å². The van der Waals surface area contributed by atoms with Crippen LogP contribution in [0.2, 0.25) is 0 Å². The highest BCUT2D eigenvalue weighted by Crippen LogP contribution is 2.37. The minimum Gasteiger partial charge on any atom is -0.488 e. The zero-order chi connectivity index (χ0) is 17.2. The van der Waals surface area contributed by atoms with E-state index >= 15 is 0 Å². The Morgan fingerprint density at radius 3 is 2.52 bits per heavy atom. The molecule has 0 saturated carbocycles. The van der Waals surface area contributed by atoms with Crippen molar-refractivity contribution in [2.24, 2.45) is 0 Å². The Kier molecular flexibility index (Phi) is 6.42. The summed E-state index contributed by atoms with van der Waals surface area (Å²) in [5.41, 5.74) is -1.34. The van der Waals surface area contributed by atoms with Gasteiger partial charge in [0.1, 0.15) is 17.4 Å². The molecule has 0 radical (unpaired) electrons. The maximum atomic E-state index is 14.8. The van der Waals surface area contributed by atoms with Gasteiger partial charge in [0.25, 0.3) is 0 Å². The van der Waals surface area contributed by atoms with Crippen molar-refractivity contribution in [1.29, 1.82) is 0 Å². The smallest absolute Gasteiger partial charge is 0.175 e. The van der Waals surface area contributed by atoms with Crippen molar-refractivity contribution in [1.82, 2.24) is 10.3 Å². The van der Waals surface area contributed by atoms with Gasteiger partial charge in [0.15, 0.2) is 15.5 Å². The molecule has 0 unspecified atom stereocenters. The van der Waals surface area contributed by atoms with Gasteiger partial charge in [-0.1, -0.05) is 0 Å². The minimum atomic E-state index is -3.21. The quantitative estimate of drug-likeness (QED) is 0.826. The van der Waals surface area contributed by atoms with Crippen LogP contribution in [-0.4, -0.2) is 32.7 Å². The molecule has 1 aromatic heterocycles. The average Bonchev–Trinajstić information content (AvgIpc) is 3.03. The highest BCUT2D eigenvalue weighted by atomic mass is 35.5. The van der Waals surface area contributed by atoms with Gasteiger partial charge in [0.2, 0.25) is 0 Å². The van der Waals surface area contributed by atoms with E-state index in [1.54, 1.807) is 18.3 Å². The van der Waals surface area contributed by atoms with Gasteiger partial charge in [-0.3, -0.25) is 0 Å². The fraction of sp³-hybridized carbons (Fsp3) is 0.438. The van der Waals surface area contributed by atoms with E-state index in [4.69, 9.17) is 4.74 Å². The maximum Gasteiger partial charge on any atom is 0.175 e. The van der Waals surface area contributed by atoms with Crippen molar-refractivity contribution in [2.45, 2.75) is 30.0 Å². The molecule has 138 valence electrons. The highest BCUT2D eigenvalue weighted by molar-refractivity contribution is 7.90. The molecule has 1 fully saturated rings. The molecular formula is C16H20ClFN2O3S2. The summed E-state index contributed by atoms with van der Waals surface area (Å²) >= 11 is 1.33. The number of nitrogens with one attached hydrogen (secondary N) is 1. The maximum absolute atomic E-state index is 14.8. The van der Waals surface area contributed by atoms with Crippen molar-refractivity contribution in [3.63, 3.8) is 0 Å². The van der Waals surface area contributed by atoms with E-state index in [1.165, 1.54) is 23.5 Å². The molecule has 1 aliphatic rings. The lowest BCUT2D eigenvalue weighted by atomic mass is 9.95. The lowest BCUT2D eigenvalue weighted by Crippen LogP contribution is -2.36. The first kappa shape index (κ1) is 20.1. The number of sulfone groups is 1. The van der Waals surface area contributed by atoms with Crippen LogP contribution in [0.5, 0.6) is 5.75 Å². The van der Waals surface area contributed by atoms with Crippen LogP contribution in [0.3, 0.4) is 0 Å². The van der Waals surface area contributed by atoms with Gasteiger partial charge in [-0.2, -0.15) is 0 Å². The van der Waals surface area contributed by atoms with Gasteiger partial charge in [-0.25, -0.2) is 17.8 Å². The van der Waals surface area contributed by atoms with Crippen LogP contribution in [0.4, 0.5) is 4.39 Å². The number of piperidine rings is 1. The predicted molar refractivity (Wildman–Crippen MR) is 98.1 cm³/mol. The summed E-state index contributed by atoms with van der Waals surface area (Å²) in [6.45, 7) is 1.60. The molecule has 1 aliphatic heterocycles. The van der Waals surface area contributed by atoms with E-state index in [2.05, 4.69) is 10.3 Å². The Hall–Kier alpha value is -1.22. The Morgan fingerprint density at radius 1 is 1.28 bits per heavy atom. The number of hydrogen-bond donors (Lipinski definition) is 1. The topological polar surface area (TPSA) is 68.3 Å². The summed E-state index contributed by atoms with van der Waals surface area (Å²) in [7, 11) is -3.21. The van der Waals surface area contributed by atoms with Crippen molar-refractivity contribution >= 4 is 33.6 Å². The first-order chi connectivity index (χ1) is 11.4. The number of alkyl halides is 1. The molecule has 2 heterocycles. The lowest BCUT2D eigenvalue weighted by molar-refractivity contribution is 0.115. The molecule has 0 bridgehead atoms. The molecule has 0 aliphatic carbocycles. The Labute approximate surface area is 157 Å². The van der Waals surface area contributed by atoms with Crippen molar-refractivity contribution in [2.75, 3.05) is 19.3 Å². The van der Waals surface area contributed by atoms with Gasteiger partial charge in [0.05, 0.1) is 9.77 Å². The average molecular weight is 407 g/mol. The third-order valence-corrected chi connectivity index (χ3v) is 6.24. The molecule has 5 nitrogen and oxygen atoms in total. The van der Waals surface area contributed by atoms with Crippen LogP contribution < -0.4 is 10.1 Å². The van der Waals surface area contributed by atoms with E-state index in [0.29, 0.717) is 36.7 Å². The molecule has 1 aromatic carbocycles. The van der Waals surface area contributed by atoms with Crippen LogP contribution in [0.15, 0.2) is 35.4 Å². The fourth-order valence-electron chi connectivity index (χ4n) is 2.56. The second kappa shape index (κ2) is 7.99. The Bertz CT molecular complexity index is 803. The summed E-state index contributed by atoms with van der Waals surface area (Å²) in [6.07, 6.45) is 3.69.